The minimum absolute atomic E-state index is 0.468. The van der Waals surface area contributed by atoms with Crippen LogP contribution in [0, 0.1) is 0 Å². The van der Waals surface area contributed by atoms with Crippen LogP contribution in [-0.4, -0.2) is 32.9 Å². The first-order valence-electron chi connectivity index (χ1n) is 7.43. The van der Waals surface area contributed by atoms with Crippen molar-refractivity contribution in [1.82, 2.24) is 5.32 Å². The highest BCUT2D eigenvalue weighted by molar-refractivity contribution is 5.64. The molecule has 3 heteroatoms. The molecule has 3 nitrogen and oxygen atoms in total. The maximum Gasteiger partial charge on any atom is 0.119 e. The Hall–Kier alpha value is -1.32. The lowest BCUT2D eigenvalue weighted by Crippen LogP contribution is -2.19. The fraction of sp³-hybridized carbons (Fsp3) is 0.529. The summed E-state index contributed by atoms with van der Waals surface area (Å²) in [7, 11) is 1.72. The number of hydrogen-bond acceptors (Lipinski definition) is 3. The van der Waals surface area contributed by atoms with E-state index >= 15 is 0 Å². The molecule has 0 heterocycles. The van der Waals surface area contributed by atoms with Crippen molar-refractivity contribution in [3.8, 4) is 5.75 Å². The van der Waals surface area contributed by atoms with E-state index in [1.54, 1.807) is 7.11 Å². The van der Waals surface area contributed by atoms with E-state index in [2.05, 4.69) is 42.6 Å². The molecule has 0 saturated heterocycles. The molecule has 0 aromatic heterocycles. The fourth-order valence-corrected chi connectivity index (χ4v) is 1.98. The molecule has 1 aliphatic rings. The Morgan fingerprint density at radius 3 is 2.65 bits per heavy atom. The SMILES string of the molecule is COCCNCC/C=C(/C)c1ccc(OC2CC2)cc1. The molecule has 1 N–H and O–H groups in total. The van der Waals surface area contributed by atoms with Crippen LogP contribution in [0.2, 0.25) is 0 Å². The zero-order valence-corrected chi connectivity index (χ0v) is 12.5. The van der Waals surface area contributed by atoms with E-state index in [-0.39, 0.29) is 0 Å². The first kappa shape index (κ1) is 15.1. The molecule has 0 radical (unpaired) electrons. The van der Waals surface area contributed by atoms with Gasteiger partial charge in [0.15, 0.2) is 0 Å². The Labute approximate surface area is 122 Å². The van der Waals surface area contributed by atoms with Crippen molar-refractivity contribution in [2.24, 2.45) is 0 Å². The quantitative estimate of drug-likeness (QED) is 0.702. The molecule has 0 bridgehead atoms. The number of allylic oxidation sites excluding steroid dienone is 1. The van der Waals surface area contributed by atoms with E-state index in [1.807, 2.05) is 0 Å². The number of ether oxygens (including phenoxy) is 2. The lowest BCUT2D eigenvalue weighted by atomic mass is 10.1. The summed E-state index contributed by atoms with van der Waals surface area (Å²) in [4.78, 5) is 0. The average Bonchev–Trinajstić information content (AvgIpc) is 3.27. The van der Waals surface area contributed by atoms with Gasteiger partial charge in [-0.15, -0.1) is 0 Å². The second-order valence-electron chi connectivity index (χ2n) is 5.26. The van der Waals surface area contributed by atoms with Crippen LogP contribution in [-0.2, 0) is 4.74 Å². The summed E-state index contributed by atoms with van der Waals surface area (Å²) in [5.41, 5.74) is 2.58. The maximum atomic E-state index is 5.75. The zero-order valence-electron chi connectivity index (χ0n) is 12.5. The second-order valence-corrected chi connectivity index (χ2v) is 5.26. The summed E-state index contributed by atoms with van der Waals surface area (Å²) in [5, 5.41) is 3.34. The van der Waals surface area contributed by atoms with Crippen molar-refractivity contribution in [1.29, 1.82) is 0 Å². The van der Waals surface area contributed by atoms with Crippen LogP contribution in [0.25, 0.3) is 5.57 Å². The lowest BCUT2D eigenvalue weighted by molar-refractivity contribution is 0.199. The fourth-order valence-electron chi connectivity index (χ4n) is 1.98. The van der Waals surface area contributed by atoms with Gasteiger partial charge in [0, 0.05) is 13.7 Å². The highest BCUT2D eigenvalue weighted by Gasteiger charge is 2.23. The minimum Gasteiger partial charge on any atom is -0.490 e. The van der Waals surface area contributed by atoms with Crippen LogP contribution >= 0.6 is 0 Å². The van der Waals surface area contributed by atoms with Crippen LogP contribution in [0.5, 0.6) is 5.75 Å². The maximum absolute atomic E-state index is 5.75. The Kier molecular flexibility index (Phi) is 6.09. The van der Waals surface area contributed by atoms with Gasteiger partial charge in [-0.1, -0.05) is 18.2 Å². The van der Waals surface area contributed by atoms with Crippen molar-refractivity contribution in [2.45, 2.75) is 32.3 Å². The summed E-state index contributed by atoms with van der Waals surface area (Å²) in [6, 6.07) is 8.42. The number of nitrogens with one attached hydrogen (secondary N) is 1. The molecule has 0 spiro atoms. The van der Waals surface area contributed by atoms with Gasteiger partial charge in [-0.2, -0.15) is 0 Å². The summed E-state index contributed by atoms with van der Waals surface area (Å²) >= 11 is 0. The highest BCUT2D eigenvalue weighted by Crippen LogP contribution is 2.27. The third-order valence-electron chi connectivity index (χ3n) is 3.39. The average molecular weight is 275 g/mol. The van der Waals surface area contributed by atoms with Gasteiger partial charge in [0.25, 0.3) is 0 Å². The molecule has 0 atom stereocenters. The lowest BCUT2D eigenvalue weighted by Gasteiger charge is -2.07. The van der Waals surface area contributed by atoms with E-state index in [0.717, 1.165) is 31.9 Å². The van der Waals surface area contributed by atoms with Crippen molar-refractivity contribution >= 4 is 5.57 Å². The molecule has 1 aromatic carbocycles. The molecule has 2 rings (SSSR count). The van der Waals surface area contributed by atoms with E-state index in [4.69, 9.17) is 9.47 Å². The molecule has 1 fully saturated rings. The van der Waals surface area contributed by atoms with Crippen molar-refractivity contribution in [2.75, 3.05) is 26.8 Å². The summed E-state index contributed by atoms with van der Waals surface area (Å²) in [5.74, 6) is 0.991. The Balaban J connectivity index is 1.74. The Bertz CT molecular complexity index is 421. The van der Waals surface area contributed by atoms with Crippen molar-refractivity contribution in [3.63, 3.8) is 0 Å². The number of rotatable bonds is 9. The molecule has 1 aliphatic carbocycles. The van der Waals surface area contributed by atoms with Gasteiger partial charge in [-0.25, -0.2) is 0 Å². The molecule has 1 saturated carbocycles. The first-order valence-corrected chi connectivity index (χ1v) is 7.43. The van der Waals surface area contributed by atoms with Crippen LogP contribution in [0.4, 0.5) is 0 Å². The molecule has 20 heavy (non-hydrogen) atoms. The third kappa shape index (κ3) is 5.35. The van der Waals surface area contributed by atoms with Gasteiger partial charge in [-0.05, 0) is 56.0 Å². The predicted octanol–water partition coefficient (Wildman–Crippen LogP) is 3.26. The van der Waals surface area contributed by atoms with Gasteiger partial charge in [-0.3, -0.25) is 0 Å². The number of hydrogen-bond donors (Lipinski definition) is 1. The van der Waals surface area contributed by atoms with Gasteiger partial charge in [0.2, 0.25) is 0 Å². The Morgan fingerprint density at radius 1 is 1.25 bits per heavy atom. The van der Waals surface area contributed by atoms with Crippen LogP contribution in [0.3, 0.4) is 0 Å². The minimum atomic E-state index is 0.468. The van der Waals surface area contributed by atoms with Crippen LogP contribution in [0.1, 0.15) is 31.7 Å². The highest BCUT2D eigenvalue weighted by atomic mass is 16.5. The van der Waals surface area contributed by atoms with Crippen molar-refractivity contribution < 1.29 is 9.47 Å². The van der Waals surface area contributed by atoms with Crippen LogP contribution in [0.15, 0.2) is 30.3 Å². The first-order chi connectivity index (χ1) is 9.79. The van der Waals surface area contributed by atoms with E-state index in [9.17, 15) is 0 Å². The van der Waals surface area contributed by atoms with Crippen molar-refractivity contribution in [3.05, 3.63) is 35.9 Å². The van der Waals surface area contributed by atoms with E-state index < -0.39 is 0 Å². The molecule has 110 valence electrons. The summed E-state index contributed by atoms with van der Waals surface area (Å²) in [6.45, 7) is 4.83. The standard InChI is InChI=1S/C17H25NO2/c1-14(4-3-11-18-12-13-19-2)15-5-7-16(8-6-15)20-17-9-10-17/h4-8,17-18H,3,9-13H2,1-2H3/b14-4-. The topological polar surface area (TPSA) is 30.5 Å². The predicted molar refractivity (Wildman–Crippen MR) is 83.1 cm³/mol. The third-order valence-corrected chi connectivity index (χ3v) is 3.39. The van der Waals surface area contributed by atoms with Crippen LogP contribution < -0.4 is 10.1 Å². The molecule has 0 amide bonds. The Morgan fingerprint density at radius 2 is 2.00 bits per heavy atom. The molecule has 1 aromatic rings. The van der Waals surface area contributed by atoms with E-state index in [1.165, 1.54) is 24.0 Å². The zero-order chi connectivity index (χ0) is 14.2. The summed E-state index contributed by atoms with van der Waals surface area (Å²) < 4.78 is 10.7. The smallest absolute Gasteiger partial charge is 0.119 e. The number of benzene rings is 1. The largest absolute Gasteiger partial charge is 0.490 e. The molecular formula is C17H25NO2. The second kappa shape index (κ2) is 8.08. The van der Waals surface area contributed by atoms with Gasteiger partial charge < -0.3 is 14.8 Å². The van der Waals surface area contributed by atoms with E-state index in [0.29, 0.717) is 6.10 Å². The molecule has 0 aliphatic heterocycles. The summed E-state index contributed by atoms with van der Waals surface area (Å²) in [6.07, 6.45) is 6.19. The van der Waals surface area contributed by atoms with Gasteiger partial charge in [0.1, 0.15) is 5.75 Å². The molecular weight excluding hydrogens is 250 g/mol. The number of methoxy groups -OCH3 is 1. The van der Waals surface area contributed by atoms with Gasteiger partial charge >= 0.3 is 0 Å². The molecule has 0 unspecified atom stereocenters. The van der Waals surface area contributed by atoms with Gasteiger partial charge in [0.05, 0.1) is 12.7 Å². The monoisotopic (exact) mass is 275 g/mol. The normalized spacial score (nSPS) is 15.4.